The van der Waals surface area contributed by atoms with Gasteiger partial charge in [-0.25, -0.2) is 4.79 Å². The molecule has 0 aliphatic heterocycles. The van der Waals surface area contributed by atoms with E-state index in [9.17, 15) is 4.79 Å². The number of ether oxygens (including phenoxy) is 1. The van der Waals surface area contributed by atoms with Crippen molar-refractivity contribution in [3.8, 4) is 11.8 Å². The van der Waals surface area contributed by atoms with E-state index in [0.29, 0.717) is 12.2 Å². The van der Waals surface area contributed by atoms with E-state index >= 15 is 0 Å². The molecule has 32 heavy (non-hydrogen) atoms. The molecule has 3 nitrogen and oxygen atoms in total. The van der Waals surface area contributed by atoms with Crippen molar-refractivity contribution in [2.24, 2.45) is 0 Å². The minimum atomic E-state index is -0.262. The van der Waals surface area contributed by atoms with Gasteiger partial charge in [0.05, 0.1) is 12.2 Å². The highest BCUT2D eigenvalue weighted by atomic mass is 35.5. The van der Waals surface area contributed by atoms with Gasteiger partial charge in [-0.1, -0.05) is 68.4 Å². The number of esters is 1. The van der Waals surface area contributed by atoms with Crippen molar-refractivity contribution in [2.75, 3.05) is 18.5 Å². The maximum absolute atomic E-state index is 11.6. The minimum Gasteiger partial charge on any atom is -0.462 e. The number of anilines is 1. The molecule has 0 heterocycles. The zero-order chi connectivity index (χ0) is 22.9. The summed E-state index contributed by atoms with van der Waals surface area (Å²) >= 11 is 5.88. The molecule has 2 aromatic carbocycles. The Hall–Kier alpha value is -2.44. The summed E-state index contributed by atoms with van der Waals surface area (Å²) in [6.07, 6.45) is 12.5. The van der Waals surface area contributed by atoms with E-state index in [1.54, 1.807) is 0 Å². The van der Waals surface area contributed by atoms with Crippen LogP contribution >= 0.6 is 11.6 Å². The highest BCUT2D eigenvalue weighted by molar-refractivity contribution is 6.30. The van der Waals surface area contributed by atoms with Crippen molar-refractivity contribution in [2.45, 2.75) is 71.1 Å². The molecule has 1 N–H and O–H groups in total. The summed E-state index contributed by atoms with van der Waals surface area (Å²) < 4.78 is 5.00. The first kappa shape index (κ1) is 25.8. The fraction of sp³-hybridized carbons (Fsp3) is 0.464. The number of rotatable bonds is 14. The Morgan fingerprint density at radius 3 is 2.06 bits per heavy atom. The van der Waals surface area contributed by atoms with E-state index in [0.717, 1.165) is 29.2 Å². The zero-order valence-corrected chi connectivity index (χ0v) is 20.1. The second-order valence-electron chi connectivity index (χ2n) is 7.97. The van der Waals surface area contributed by atoms with Crippen LogP contribution in [-0.4, -0.2) is 19.1 Å². The van der Waals surface area contributed by atoms with Crippen LogP contribution in [0.25, 0.3) is 0 Å². The van der Waals surface area contributed by atoms with Gasteiger partial charge in [-0.3, -0.25) is 0 Å². The first-order chi connectivity index (χ1) is 15.7. The quantitative estimate of drug-likeness (QED) is 0.179. The van der Waals surface area contributed by atoms with E-state index in [2.05, 4.69) is 17.2 Å². The highest BCUT2D eigenvalue weighted by Gasteiger charge is 2.05. The normalized spacial score (nSPS) is 10.3. The molecule has 0 aliphatic carbocycles. The third-order valence-corrected chi connectivity index (χ3v) is 5.53. The maximum atomic E-state index is 11.6. The Kier molecular flexibility index (Phi) is 13.1. The first-order valence-electron chi connectivity index (χ1n) is 11.9. The second kappa shape index (κ2) is 16.2. The standard InChI is InChI=1S/C28H36ClNO2/c1-2-32-28(31)25-17-21-27(22-18-25)30-23-13-11-9-7-5-3-4-6-8-10-12-14-24-15-19-26(29)20-16-24/h15-22,30H,2-11,13,23H2,1H3. The lowest BCUT2D eigenvalue weighted by Gasteiger charge is -2.07. The van der Waals surface area contributed by atoms with Crippen LogP contribution in [0.15, 0.2) is 48.5 Å². The topological polar surface area (TPSA) is 38.3 Å². The van der Waals surface area contributed by atoms with Gasteiger partial charge < -0.3 is 10.1 Å². The van der Waals surface area contributed by atoms with Crippen molar-refractivity contribution in [1.82, 2.24) is 0 Å². The molecule has 0 atom stereocenters. The fourth-order valence-corrected chi connectivity index (χ4v) is 3.57. The summed E-state index contributed by atoms with van der Waals surface area (Å²) in [7, 11) is 0. The molecule has 0 unspecified atom stereocenters. The van der Waals surface area contributed by atoms with Crippen LogP contribution in [0, 0.1) is 11.8 Å². The summed E-state index contributed by atoms with van der Waals surface area (Å²) in [6.45, 7) is 3.19. The molecule has 0 fully saturated rings. The molecule has 172 valence electrons. The van der Waals surface area contributed by atoms with Crippen molar-refractivity contribution in [1.29, 1.82) is 0 Å². The van der Waals surface area contributed by atoms with Gasteiger partial charge in [0, 0.05) is 29.2 Å². The van der Waals surface area contributed by atoms with Gasteiger partial charge in [0.25, 0.3) is 0 Å². The summed E-state index contributed by atoms with van der Waals surface area (Å²) in [5.74, 6) is 6.19. The number of benzene rings is 2. The van der Waals surface area contributed by atoms with Crippen molar-refractivity contribution >= 4 is 23.3 Å². The summed E-state index contributed by atoms with van der Waals surface area (Å²) in [6, 6.07) is 15.2. The molecule has 2 rings (SSSR count). The van der Waals surface area contributed by atoms with Gasteiger partial charge in [-0.2, -0.15) is 0 Å². The third-order valence-electron chi connectivity index (χ3n) is 5.28. The molecule has 0 aromatic heterocycles. The van der Waals surface area contributed by atoms with E-state index in [1.807, 2.05) is 55.5 Å². The number of hydrogen-bond donors (Lipinski definition) is 1. The molecule has 0 saturated heterocycles. The Labute approximate surface area is 198 Å². The van der Waals surface area contributed by atoms with Crippen LogP contribution < -0.4 is 5.32 Å². The Bertz CT molecular complexity index is 834. The molecule has 0 amide bonds. The Morgan fingerprint density at radius 1 is 0.844 bits per heavy atom. The molecule has 0 spiro atoms. The van der Waals surface area contributed by atoms with Crippen LogP contribution in [0.1, 0.15) is 87.1 Å². The van der Waals surface area contributed by atoms with Crippen molar-refractivity contribution < 1.29 is 9.53 Å². The van der Waals surface area contributed by atoms with E-state index in [1.165, 1.54) is 57.8 Å². The maximum Gasteiger partial charge on any atom is 0.338 e. The van der Waals surface area contributed by atoms with Crippen molar-refractivity contribution in [3.63, 3.8) is 0 Å². The fourth-order valence-electron chi connectivity index (χ4n) is 3.44. The van der Waals surface area contributed by atoms with Gasteiger partial charge in [-0.15, -0.1) is 0 Å². The number of hydrogen-bond acceptors (Lipinski definition) is 3. The third kappa shape index (κ3) is 11.3. The van der Waals surface area contributed by atoms with Crippen LogP contribution in [0.4, 0.5) is 5.69 Å². The lowest BCUT2D eigenvalue weighted by atomic mass is 10.1. The predicted octanol–water partition coefficient (Wildman–Crippen LogP) is 7.88. The second-order valence-corrected chi connectivity index (χ2v) is 8.40. The first-order valence-corrected chi connectivity index (χ1v) is 12.3. The SMILES string of the molecule is CCOC(=O)c1ccc(NCCCCCCCCCCCC#Cc2ccc(Cl)cc2)cc1. The molecule has 4 heteroatoms. The average molecular weight is 454 g/mol. The lowest BCUT2D eigenvalue weighted by Crippen LogP contribution is -2.05. The van der Waals surface area contributed by atoms with Crippen LogP contribution in [-0.2, 0) is 4.74 Å². The Morgan fingerprint density at radius 2 is 1.44 bits per heavy atom. The number of carbonyl (C=O) groups excluding carboxylic acids is 1. The van der Waals surface area contributed by atoms with Gasteiger partial charge in [0.2, 0.25) is 0 Å². The lowest BCUT2D eigenvalue weighted by molar-refractivity contribution is 0.0526. The summed E-state index contributed by atoms with van der Waals surface area (Å²) in [4.78, 5) is 11.6. The minimum absolute atomic E-state index is 0.262. The summed E-state index contributed by atoms with van der Waals surface area (Å²) in [5, 5.41) is 4.18. The van der Waals surface area contributed by atoms with E-state index < -0.39 is 0 Å². The van der Waals surface area contributed by atoms with Gasteiger partial charge >= 0.3 is 5.97 Å². The van der Waals surface area contributed by atoms with E-state index in [-0.39, 0.29) is 5.97 Å². The van der Waals surface area contributed by atoms with Crippen LogP contribution in [0.2, 0.25) is 5.02 Å². The molecule has 0 radical (unpaired) electrons. The highest BCUT2D eigenvalue weighted by Crippen LogP contribution is 2.13. The molecular formula is C28H36ClNO2. The molecule has 0 aliphatic rings. The Balaban J connectivity index is 1.39. The smallest absolute Gasteiger partial charge is 0.338 e. The van der Waals surface area contributed by atoms with E-state index in [4.69, 9.17) is 16.3 Å². The molecule has 2 aromatic rings. The summed E-state index contributed by atoms with van der Waals surface area (Å²) in [5.41, 5.74) is 2.69. The van der Waals surface area contributed by atoms with Gasteiger partial charge in [0.15, 0.2) is 0 Å². The van der Waals surface area contributed by atoms with Crippen LogP contribution in [0.5, 0.6) is 0 Å². The molecule has 0 saturated carbocycles. The molecule has 0 bridgehead atoms. The van der Waals surface area contributed by atoms with Gasteiger partial charge in [-0.05, 0) is 68.3 Å². The average Bonchev–Trinajstić information content (AvgIpc) is 2.81. The largest absolute Gasteiger partial charge is 0.462 e. The monoisotopic (exact) mass is 453 g/mol. The van der Waals surface area contributed by atoms with Gasteiger partial charge in [0.1, 0.15) is 0 Å². The number of halogens is 1. The number of carbonyl (C=O) groups is 1. The molecular weight excluding hydrogens is 418 g/mol. The van der Waals surface area contributed by atoms with Crippen molar-refractivity contribution in [3.05, 3.63) is 64.7 Å². The predicted molar refractivity (Wildman–Crippen MR) is 135 cm³/mol. The van der Waals surface area contributed by atoms with Crippen LogP contribution in [0.3, 0.4) is 0 Å². The number of unbranched alkanes of at least 4 members (excludes halogenated alkanes) is 9. The number of nitrogens with one attached hydrogen (secondary N) is 1. The zero-order valence-electron chi connectivity index (χ0n) is 19.3.